The van der Waals surface area contributed by atoms with Crippen molar-refractivity contribution in [1.82, 2.24) is 0 Å². The number of rotatable bonds is 7. The number of hydrogen-bond acceptors (Lipinski definition) is 3. The van der Waals surface area contributed by atoms with Crippen LogP contribution >= 0.6 is 0 Å². The third kappa shape index (κ3) is 3.55. The van der Waals surface area contributed by atoms with Crippen LogP contribution in [0.2, 0.25) is 0 Å². The van der Waals surface area contributed by atoms with E-state index in [1.54, 1.807) is 14.2 Å². The van der Waals surface area contributed by atoms with Crippen molar-refractivity contribution in [2.24, 2.45) is 0 Å². The van der Waals surface area contributed by atoms with Gasteiger partial charge in [-0.3, -0.25) is 0 Å². The first-order valence-corrected chi connectivity index (χ1v) is 8.26. The van der Waals surface area contributed by atoms with Gasteiger partial charge in [0, 0.05) is 16.8 Å². The highest BCUT2D eigenvalue weighted by molar-refractivity contribution is 5.74. The summed E-state index contributed by atoms with van der Waals surface area (Å²) in [6.07, 6.45) is 0. The average Bonchev–Trinajstić information content (AvgIpc) is 2.62. The van der Waals surface area contributed by atoms with Gasteiger partial charge in [0.25, 0.3) is 0 Å². The van der Waals surface area contributed by atoms with Gasteiger partial charge in [-0.05, 0) is 24.6 Å². The van der Waals surface area contributed by atoms with Gasteiger partial charge in [0.15, 0.2) is 0 Å². The number of para-hydroxylation sites is 1. The zero-order valence-electron chi connectivity index (χ0n) is 15.8. The van der Waals surface area contributed by atoms with Crippen LogP contribution in [-0.4, -0.2) is 14.2 Å². The molecule has 0 aliphatic carbocycles. The molecule has 2 rings (SSSR count). The molecule has 0 radical (unpaired) electrons. The van der Waals surface area contributed by atoms with Gasteiger partial charge in [0.1, 0.15) is 17.2 Å². The lowest BCUT2D eigenvalue weighted by atomic mass is 9.81. The summed E-state index contributed by atoms with van der Waals surface area (Å²) in [5.74, 6) is 1.43. The molecule has 0 bridgehead atoms. The average molecular weight is 337 g/mol. The zero-order chi connectivity index (χ0) is 18.6. The lowest BCUT2D eigenvalue weighted by Crippen LogP contribution is -2.33. The van der Waals surface area contributed by atoms with Crippen molar-refractivity contribution in [3.63, 3.8) is 0 Å². The quantitative estimate of drug-likeness (QED) is 0.662. The third-order valence-electron chi connectivity index (χ3n) is 4.49. The molecule has 0 N–H and O–H groups in total. The molecule has 0 saturated heterocycles. The summed E-state index contributed by atoms with van der Waals surface area (Å²) in [5.41, 5.74) is 3.44. The number of allylic oxidation sites excluding steroid dienone is 2. The fourth-order valence-corrected chi connectivity index (χ4v) is 2.91. The Morgan fingerprint density at radius 3 is 1.84 bits per heavy atom. The summed E-state index contributed by atoms with van der Waals surface area (Å²) in [7, 11) is 3.31. The first-order valence-electron chi connectivity index (χ1n) is 8.26. The molecule has 3 heteroatoms. The van der Waals surface area contributed by atoms with Gasteiger partial charge in [0.2, 0.25) is 0 Å². The van der Waals surface area contributed by atoms with Crippen molar-refractivity contribution in [1.29, 1.82) is 0 Å². The second kappa shape index (κ2) is 7.47. The maximum Gasteiger partial charge on any atom is 0.146 e. The lowest BCUT2D eigenvalue weighted by molar-refractivity contribution is 0.395. The van der Waals surface area contributed by atoms with Crippen LogP contribution in [0.25, 0.3) is 0 Å². The van der Waals surface area contributed by atoms with Gasteiger partial charge in [-0.25, -0.2) is 0 Å². The molecule has 3 nitrogen and oxygen atoms in total. The molecule has 0 aromatic heterocycles. The highest BCUT2D eigenvalue weighted by atomic mass is 16.5. The van der Waals surface area contributed by atoms with Gasteiger partial charge < -0.3 is 14.4 Å². The Kier molecular flexibility index (Phi) is 5.58. The van der Waals surface area contributed by atoms with Crippen LogP contribution in [0.15, 0.2) is 73.1 Å². The Bertz CT molecular complexity index is 741. The van der Waals surface area contributed by atoms with E-state index in [4.69, 9.17) is 9.47 Å². The summed E-state index contributed by atoms with van der Waals surface area (Å²) in [5, 5.41) is 0. The lowest BCUT2D eigenvalue weighted by Gasteiger charge is -2.38. The van der Waals surface area contributed by atoms with Crippen molar-refractivity contribution in [3.05, 3.63) is 78.6 Å². The highest BCUT2D eigenvalue weighted by Gasteiger charge is 2.32. The van der Waals surface area contributed by atoms with Gasteiger partial charge in [-0.1, -0.05) is 63.4 Å². The summed E-state index contributed by atoms with van der Waals surface area (Å²) in [6, 6.07) is 16.1. The Morgan fingerprint density at radius 2 is 1.40 bits per heavy atom. The summed E-state index contributed by atoms with van der Waals surface area (Å²) in [4.78, 5) is 2.02. The van der Waals surface area contributed by atoms with E-state index in [1.165, 1.54) is 5.56 Å². The van der Waals surface area contributed by atoms with Crippen molar-refractivity contribution in [2.45, 2.75) is 26.2 Å². The van der Waals surface area contributed by atoms with E-state index < -0.39 is 0 Å². The number of ether oxygens (including phenoxy) is 2. The van der Waals surface area contributed by atoms with E-state index >= 15 is 0 Å². The molecule has 0 atom stereocenters. The second-order valence-corrected chi connectivity index (χ2v) is 6.52. The number of benzene rings is 2. The summed E-state index contributed by atoms with van der Waals surface area (Å²) in [6.45, 7) is 14.8. The molecule has 2 aromatic carbocycles. The molecule has 0 aliphatic heterocycles. The summed E-state index contributed by atoms with van der Waals surface area (Å²) < 4.78 is 11.2. The number of hydrogen-bond donors (Lipinski definition) is 0. The van der Waals surface area contributed by atoms with Gasteiger partial charge in [-0.15, -0.1) is 0 Å². The summed E-state index contributed by atoms with van der Waals surface area (Å²) >= 11 is 0. The molecule has 2 aromatic rings. The Labute approximate surface area is 151 Å². The van der Waals surface area contributed by atoms with Crippen LogP contribution in [0.1, 0.15) is 26.3 Å². The monoisotopic (exact) mass is 337 g/mol. The van der Waals surface area contributed by atoms with Crippen LogP contribution < -0.4 is 14.4 Å². The second-order valence-electron chi connectivity index (χ2n) is 6.52. The van der Waals surface area contributed by atoms with Crippen LogP contribution in [0.3, 0.4) is 0 Å². The molecule has 0 spiro atoms. The minimum atomic E-state index is -0.300. The Balaban J connectivity index is 2.60. The van der Waals surface area contributed by atoms with E-state index in [-0.39, 0.29) is 5.41 Å². The maximum atomic E-state index is 5.58. The highest BCUT2D eigenvalue weighted by Crippen LogP contribution is 2.45. The largest absolute Gasteiger partial charge is 0.494 e. The number of nitrogens with zero attached hydrogens (tertiary/aromatic N) is 1. The fourth-order valence-electron chi connectivity index (χ4n) is 2.91. The molecule has 0 amide bonds. The van der Waals surface area contributed by atoms with Gasteiger partial charge in [-0.2, -0.15) is 0 Å². The van der Waals surface area contributed by atoms with Crippen molar-refractivity contribution < 1.29 is 9.47 Å². The van der Waals surface area contributed by atoms with Crippen LogP contribution in [0.5, 0.6) is 11.5 Å². The fraction of sp³-hybridized carbons (Fsp3) is 0.273. The SMILES string of the molecule is C=C(C)N(C(=C)C(C)(C)c1ccccc1)c1c(OC)cccc1OC. The van der Waals surface area contributed by atoms with Crippen LogP contribution in [0, 0.1) is 0 Å². The topological polar surface area (TPSA) is 21.7 Å². The number of methoxy groups -OCH3 is 2. The molecular weight excluding hydrogens is 310 g/mol. The third-order valence-corrected chi connectivity index (χ3v) is 4.49. The predicted octanol–water partition coefficient (Wildman–Crippen LogP) is 5.54. The van der Waals surface area contributed by atoms with Gasteiger partial charge >= 0.3 is 0 Å². The van der Waals surface area contributed by atoms with E-state index in [2.05, 4.69) is 39.1 Å². The number of anilines is 1. The zero-order valence-corrected chi connectivity index (χ0v) is 15.8. The van der Waals surface area contributed by atoms with Gasteiger partial charge in [0.05, 0.1) is 14.2 Å². The molecule has 0 aliphatic rings. The van der Waals surface area contributed by atoms with E-state index in [1.807, 2.05) is 48.2 Å². The minimum Gasteiger partial charge on any atom is -0.494 e. The minimum absolute atomic E-state index is 0.300. The van der Waals surface area contributed by atoms with E-state index in [0.717, 1.165) is 17.1 Å². The molecule has 0 heterocycles. The van der Waals surface area contributed by atoms with Crippen molar-refractivity contribution in [3.8, 4) is 11.5 Å². The van der Waals surface area contributed by atoms with Crippen LogP contribution in [0.4, 0.5) is 5.69 Å². The molecule has 132 valence electrons. The smallest absolute Gasteiger partial charge is 0.146 e. The van der Waals surface area contributed by atoms with Crippen LogP contribution in [-0.2, 0) is 5.41 Å². The molecular formula is C22H27NO2. The normalized spacial score (nSPS) is 10.9. The molecule has 0 fully saturated rings. The molecule has 0 unspecified atom stereocenters. The molecule has 0 saturated carbocycles. The maximum absolute atomic E-state index is 5.58. The Morgan fingerprint density at radius 1 is 0.880 bits per heavy atom. The standard InChI is InChI=1S/C22H27NO2/c1-16(2)23(21-19(24-6)14-11-15-20(21)25-7)17(3)22(4,5)18-12-9-8-10-13-18/h8-15H,1,3H2,2,4-7H3. The predicted molar refractivity (Wildman–Crippen MR) is 105 cm³/mol. The van der Waals surface area contributed by atoms with Crippen molar-refractivity contribution in [2.75, 3.05) is 19.1 Å². The first-order chi connectivity index (χ1) is 11.8. The first kappa shape index (κ1) is 18.7. The van der Waals surface area contributed by atoms with E-state index in [9.17, 15) is 0 Å². The Hall–Kier alpha value is -2.68. The van der Waals surface area contributed by atoms with Crippen molar-refractivity contribution >= 4 is 5.69 Å². The van der Waals surface area contributed by atoms with E-state index in [0.29, 0.717) is 11.5 Å². The molecule has 25 heavy (non-hydrogen) atoms.